The normalized spacial score (nSPS) is 10.2. The van der Waals surface area contributed by atoms with E-state index >= 15 is 0 Å². The number of thioether (sulfide) groups is 1. The fourth-order valence-electron chi connectivity index (χ4n) is 2.71. The van der Waals surface area contributed by atoms with E-state index in [0.717, 1.165) is 4.90 Å². The van der Waals surface area contributed by atoms with Gasteiger partial charge < -0.3 is 15.7 Å². The number of carbonyl (C=O) groups excluding carboxylic acids is 2. The fraction of sp³-hybridized carbons (Fsp3) is 0.0455. The Bertz CT molecular complexity index is 1160. The molecule has 3 aromatic carbocycles. The Balaban J connectivity index is 1.53. The molecule has 0 aromatic heterocycles. The van der Waals surface area contributed by atoms with Gasteiger partial charge in [-0.1, -0.05) is 12.1 Å². The number of anilines is 2. The van der Waals surface area contributed by atoms with Crippen molar-refractivity contribution in [2.75, 3.05) is 16.4 Å². The van der Waals surface area contributed by atoms with Crippen LogP contribution in [0.4, 0.5) is 17.1 Å². The Kier molecular flexibility index (Phi) is 7.19. The van der Waals surface area contributed by atoms with E-state index < -0.39 is 16.8 Å². The number of carboxylic acid groups (broad SMARTS) is 1. The smallest absolute Gasteiger partial charge is 0.336 e. The van der Waals surface area contributed by atoms with Crippen molar-refractivity contribution in [2.45, 2.75) is 4.90 Å². The minimum Gasteiger partial charge on any atom is -0.478 e. The van der Waals surface area contributed by atoms with Crippen LogP contribution in [0.1, 0.15) is 20.7 Å². The summed E-state index contributed by atoms with van der Waals surface area (Å²) in [6.07, 6.45) is 0. The van der Waals surface area contributed by atoms with Crippen molar-refractivity contribution in [2.24, 2.45) is 0 Å². The zero-order valence-electron chi connectivity index (χ0n) is 16.5. The SMILES string of the molecule is O=C(CSc1ccc(NC(=O)c2ccccc2C(=O)O)cc1)Nc1ccc([N+](=O)[O-])cc1. The quantitative estimate of drug-likeness (QED) is 0.264. The number of non-ortho nitro benzene ring substituents is 1. The summed E-state index contributed by atoms with van der Waals surface area (Å²) >= 11 is 1.28. The minimum absolute atomic E-state index is 0.0568. The molecular formula is C22H17N3O6S. The van der Waals surface area contributed by atoms with Crippen LogP contribution in [0.25, 0.3) is 0 Å². The van der Waals surface area contributed by atoms with Gasteiger partial charge in [-0.3, -0.25) is 19.7 Å². The highest BCUT2D eigenvalue weighted by Gasteiger charge is 2.16. The summed E-state index contributed by atoms with van der Waals surface area (Å²) in [5.41, 5.74) is 0.851. The summed E-state index contributed by atoms with van der Waals surface area (Å²) in [5, 5.41) is 25.2. The predicted molar refractivity (Wildman–Crippen MR) is 120 cm³/mol. The van der Waals surface area contributed by atoms with Crippen LogP contribution < -0.4 is 10.6 Å². The van der Waals surface area contributed by atoms with E-state index in [2.05, 4.69) is 10.6 Å². The Morgan fingerprint density at radius 3 is 2.00 bits per heavy atom. The second-order valence-corrected chi connectivity index (χ2v) is 7.52. The maximum absolute atomic E-state index is 12.4. The van der Waals surface area contributed by atoms with Crippen molar-refractivity contribution in [3.63, 3.8) is 0 Å². The van der Waals surface area contributed by atoms with Crippen LogP contribution in [0.2, 0.25) is 0 Å². The lowest BCUT2D eigenvalue weighted by Gasteiger charge is -2.09. The van der Waals surface area contributed by atoms with Crippen molar-refractivity contribution in [3.05, 3.63) is 94.0 Å². The highest BCUT2D eigenvalue weighted by Crippen LogP contribution is 2.22. The summed E-state index contributed by atoms with van der Waals surface area (Å²) in [6, 6.07) is 18.2. The second-order valence-electron chi connectivity index (χ2n) is 6.47. The number of rotatable bonds is 8. The number of aromatic carboxylic acids is 1. The van der Waals surface area contributed by atoms with Crippen molar-refractivity contribution in [1.82, 2.24) is 0 Å². The molecule has 32 heavy (non-hydrogen) atoms. The number of nitro benzene ring substituents is 1. The molecule has 0 spiro atoms. The van der Waals surface area contributed by atoms with Crippen LogP contribution in [0, 0.1) is 10.1 Å². The van der Waals surface area contributed by atoms with Gasteiger partial charge in [0, 0.05) is 28.4 Å². The van der Waals surface area contributed by atoms with Gasteiger partial charge in [0.25, 0.3) is 11.6 Å². The van der Waals surface area contributed by atoms with E-state index in [0.29, 0.717) is 11.4 Å². The molecule has 0 aliphatic heterocycles. The lowest BCUT2D eigenvalue weighted by atomic mass is 10.1. The largest absolute Gasteiger partial charge is 0.478 e. The molecule has 0 atom stereocenters. The molecule has 9 nitrogen and oxygen atoms in total. The molecule has 3 rings (SSSR count). The number of nitro groups is 1. The van der Waals surface area contributed by atoms with Crippen LogP contribution in [-0.2, 0) is 4.79 Å². The van der Waals surface area contributed by atoms with Gasteiger partial charge in [-0.05, 0) is 48.5 Å². The van der Waals surface area contributed by atoms with E-state index in [9.17, 15) is 29.6 Å². The molecule has 10 heteroatoms. The van der Waals surface area contributed by atoms with E-state index in [1.54, 1.807) is 36.4 Å². The summed E-state index contributed by atoms with van der Waals surface area (Å²) < 4.78 is 0. The van der Waals surface area contributed by atoms with Gasteiger partial charge in [-0.25, -0.2) is 4.79 Å². The third kappa shape index (κ3) is 5.92. The lowest BCUT2D eigenvalue weighted by Crippen LogP contribution is -2.16. The number of nitrogens with one attached hydrogen (secondary N) is 2. The fourth-order valence-corrected chi connectivity index (χ4v) is 3.41. The molecular weight excluding hydrogens is 434 g/mol. The third-order valence-electron chi connectivity index (χ3n) is 4.25. The second kappa shape index (κ2) is 10.2. The number of carbonyl (C=O) groups is 3. The zero-order chi connectivity index (χ0) is 23.1. The Hall–Kier alpha value is -4.18. The minimum atomic E-state index is -1.19. The highest BCUT2D eigenvalue weighted by molar-refractivity contribution is 8.00. The maximum Gasteiger partial charge on any atom is 0.336 e. The van der Waals surface area contributed by atoms with Crippen LogP contribution in [0.3, 0.4) is 0 Å². The van der Waals surface area contributed by atoms with Crippen LogP contribution >= 0.6 is 11.8 Å². The first-order valence-electron chi connectivity index (χ1n) is 9.24. The van der Waals surface area contributed by atoms with Gasteiger partial charge in [0.2, 0.25) is 5.91 Å². The molecule has 162 valence electrons. The third-order valence-corrected chi connectivity index (χ3v) is 5.26. The number of hydrogen-bond donors (Lipinski definition) is 3. The predicted octanol–water partition coefficient (Wildman–Crippen LogP) is 4.28. The Morgan fingerprint density at radius 2 is 1.41 bits per heavy atom. The zero-order valence-corrected chi connectivity index (χ0v) is 17.3. The molecule has 0 unspecified atom stereocenters. The van der Waals surface area contributed by atoms with Crippen molar-refractivity contribution < 1.29 is 24.4 Å². The summed E-state index contributed by atoms with van der Waals surface area (Å²) in [6.45, 7) is 0. The molecule has 2 amide bonds. The first kappa shape index (κ1) is 22.5. The molecule has 0 saturated heterocycles. The Morgan fingerprint density at radius 1 is 0.844 bits per heavy atom. The van der Waals surface area contributed by atoms with Gasteiger partial charge in [-0.2, -0.15) is 0 Å². The number of benzene rings is 3. The number of hydrogen-bond acceptors (Lipinski definition) is 6. The molecule has 0 fully saturated rings. The maximum atomic E-state index is 12.4. The van der Waals surface area contributed by atoms with Gasteiger partial charge in [0.1, 0.15) is 0 Å². The van der Waals surface area contributed by atoms with Gasteiger partial charge in [-0.15, -0.1) is 11.8 Å². The van der Waals surface area contributed by atoms with Crippen molar-refractivity contribution in [1.29, 1.82) is 0 Å². The van der Waals surface area contributed by atoms with E-state index in [1.807, 2.05) is 0 Å². The van der Waals surface area contributed by atoms with Gasteiger partial charge in [0.05, 0.1) is 21.8 Å². The first-order valence-corrected chi connectivity index (χ1v) is 10.2. The first-order chi connectivity index (χ1) is 15.3. The Labute approximate surface area is 186 Å². The topological polar surface area (TPSA) is 139 Å². The summed E-state index contributed by atoms with van der Waals surface area (Å²) in [5.74, 6) is -1.87. The van der Waals surface area contributed by atoms with Crippen LogP contribution in [0.15, 0.2) is 77.7 Å². The highest BCUT2D eigenvalue weighted by atomic mass is 32.2. The number of amides is 2. The van der Waals surface area contributed by atoms with Crippen molar-refractivity contribution in [3.8, 4) is 0 Å². The van der Waals surface area contributed by atoms with E-state index in [1.165, 1.54) is 48.2 Å². The molecule has 3 aromatic rings. The molecule has 0 heterocycles. The van der Waals surface area contributed by atoms with Crippen molar-refractivity contribution >= 4 is 46.6 Å². The molecule has 0 bridgehead atoms. The average molecular weight is 451 g/mol. The lowest BCUT2D eigenvalue weighted by molar-refractivity contribution is -0.384. The molecule has 3 N–H and O–H groups in total. The van der Waals surface area contributed by atoms with E-state index in [4.69, 9.17) is 0 Å². The van der Waals surface area contributed by atoms with Gasteiger partial charge >= 0.3 is 5.97 Å². The van der Waals surface area contributed by atoms with Gasteiger partial charge in [0.15, 0.2) is 0 Å². The summed E-state index contributed by atoms with van der Waals surface area (Å²) in [7, 11) is 0. The molecule has 0 aliphatic rings. The monoisotopic (exact) mass is 451 g/mol. The van der Waals surface area contributed by atoms with Crippen LogP contribution in [-0.4, -0.2) is 33.6 Å². The van der Waals surface area contributed by atoms with E-state index in [-0.39, 0.29) is 28.5 Å². The standard InChI is InChI=1S/C22H17N3O6S/c26-20(23-14-5-9-16(10-6-14)25(30)31)13-32-17-11-7-15(8-12-17)24-21(27)18-3-1-2-4-19(18)22(28)29/h1-12H,13H2,(H,23,26)(H,24,27)(H,28,29). The average Bonchev–Trinajstić information content (AvgIpc) is 2.79. The molecule has 0 saturated carbocycles. The van der Waals surface area contributed by atoms with Crippen LogP contribution in [0.5, 0.6) is 0 Å². The number of carboxylic acids is 1. The summed E-state index contributed by atoms with van der Waals surface area (Å²) in [4.78, 5) is 46.7. The molecule has 0 radical (unpaired) electrons. The molecule has 0 aliphatic carbocycles. The number of nitrogens with zero attached hydrogens (tertiary/aromatic N) is 1.